The molecule has 0 aromatic heterocycles. The van der Waals surface area contributed by atoms with Crippen molar-refractivity contribution in [2.24, 2.45) is 0 Å². The zero-order valence-electron chi connectivity index (χ0n) is 9.34. The van der Waals surface area contributed by atoms with E-state index in [0.29, 0.717) is 0 Å². The van der Waals surface area contributed by atoms with Crippen molar-refractivity contribution in [2.45, 2.75) is 4.90 Å². The molecule has 0 aliphatic rings. The van der Waals surface area contributed by atoms with Gasteiger partial charge in [-0.2, -0.15) is 8.70 Å². The van der Waals surface area contributed by atoms with E-state index in [9.17, 15) is 22.9 Å². The van der Waals surface area contributed by atoms with Crippen LogP contribution in [0, 0.1) is 15.9 Å². The van der Waals surface area contributed by atoms with Gasteiger partial charge in [-0.25, -0.2) is 8.42 Å². The second kappa shape index (κ2) is 5.59. The normalized spacial score (nSPS) is 11.8. The fraction of sp³-hybridized carbons (Fsp3) is 0.333. The first kappa shape index (κ1) is 14.8. The summed E-state index contributed by atoms with van der Waals surface area (Å²) in [5, 5.41) is 10.7. The van der Waals surface area contributed by atoms with Crippen LogP contribution < -0.4 is 0 Å². The third-order valence-corrected chi connectivity index (χ3v) is 4.28. The van der Waals surface area contributed by atoms with Gasteiger partial charge in [0.1, 0.15) is 0 Å². The highest BCUT2D eigenvalue weighted by Crippen LogP contribution is 2.28. The van der Waals surface area contributed by atoms with Crippen molar-refractivity contribution in [3.63, 3.8) is 0 Å². The molecule has 0 N–H and O–H groups in total. The van der Waals surface area contributed by atoms with Crippen LogP contribution in [-0.2, 0) is 10.0 Å². The van der Waals surface area contributed by atoms with E-state index in [-0.39, 0.29) is 12.4 Å². The van der Waals surface area contributed by atoms with Crippen LogP contribution in [0.4, 0.5) is 10.1 Å². The Morgan fingerprint density at radius 3 is 2.61 bits per heavy atom. The number of para-hydroxylation sites is 1. The lowest BCUT2D eigenvalue weighted by molar-refractivity contribution is -0.390. The summed E-state index contributed by atoms with van der Waals surface area (Å²) in [5.74, 6) is -1.17. The summed E-state index contributed by atoms with van der Waals surface area (Å²) in [5.41, 5.74) is -1.06. The Morgan fingerprint density at radius 2 is 2.11 bits per heavy atom. The van der Waals surface area contributed by atoms with Crippen LogP contribution in [-0.4, -0.2) is 37.1 Å². The first-order valence-electron chi connectivity index (χ1n) is 4.77. The van der Waals surface area contributed by atoms with Crippen LogP contribution in [0.2, 0.25) is 0 Å². The Kier molecular flexibility index (Phi) is 4.60. The number of alkyl halides is 1. The fourth-order valence-electron chi connectivity index (χ4n) is 1.29. The Bertz CT molecular complexity index is 564. The summed E-state index contributed by atoms with van der Waals surface area (Å²) >= 11 is 5.41. The quantitative estimate of drug-likeness (QED) is 0.469. The van der Waals surface area contributed by atoms with Crippen LogP contribution in [0.5, 0.6) is 0 Å². The van der Waals surface area contributed by atoms with Crippen molar-refractivity contribution in [3.8, 4) is 0 Å². The van der Waals surface area contributed by atoms with Crippen molar-refractivity contribution in [1.82, 2.24) is 4.31 Å². The van der Waals surface area contributed by atoms with Gasteiger partial charge in [0.25, 0.3) is 0 Å². The van der Waals surface area contributed by atoms with Gasteiger partial charge in [0.2, 0.25) is 15.8 Å². The monoisotopic (exact) mass is 296 g/mol. The van der Waals surface area contributed by atoms with Gasteiger partial charge >= 0.3 is 5.69 Å². The predicted molar refractivity (Wildman–Crippen MR) is 63.6 cm³/mol. The number of nitrogens with zero attached hydrogens (tertiary/aromatic N) is 2. The Balaban J connectivity index is 3.42. The van der Waals surface area contributed by atoms with E-state index < -0.39 is 31.3 Å². The maximum atomic E-state index is 13.3. The molecule has 100 valence electrons. The van der Waals surface area contributed by atoms with E-state index in [1.807, 2.05) is 0 Å². The van der Waals surface area contributed by atoms with Gasteiger partial charge in [-0.15, -0.1) is 11.6 Å². The highest BCUT2D eigenvalue weighted by Gasteiger charge is 2.31. The molecule has 0 radical (unpaired) electrons. The van der Waals surface area contributed by atoms with Gasteiger partial charge < -0.3 is 0 Å². The number of rotatable bonds is 5. The Labute approximate surface area is 108 Å². The van der Waals surface area contributed by atoms with Gasteiger partial charge in [-0.3, -0.25) is 10.1 Å². The van der Waals surface area contributed by atoms with Gasteiger partial charge in [0, 0.05) is 19.5 Å². The number of nitro groups is 1. The van der Waals surface area contributed by atoms with Crippen molar-refractivity contribution in [1.29, 1.82) is 0 Å². The molecule has 1 rings (SSSR count). The van der Waals surface area contributed by atoms with Gasteiger partial charge in [-0.1, -0.05) is 6.07 Å². The number of halogens is 2. The molecule has 0 saturated carbocycles. The average molecular weight is 297 g/mol. The van der Waals surface area contributed by atoms with Crippen LogP contribution in [0.25, 0.3) is 0 Å². The molecule has 0 aliphatic heterocycles. The topological polar surface area (TPSA) is 80.5 Å². The Hall–Kier alpha value is -1.25. The Morgan fingerprint density at radius 1 is 1.50 bits per heavy atom. The molecule has 0 bridgehead atoms. The molecular formula is C9H10ClFN2O4S. The molecule has 0 saturated heterocycles. The molecule has 0 heterocycles. The van der Waals surface area contributed by atoms with Crippen LogP contribution in [0.3, 0.4) is 0 Å². The van der Waals surface area contributed by atoms with Crippen LogP contribution in [0.1, 0.15) is 0 Å². The van der Waals surface area contributed by atoms with Gasteiger partial charge in [-0.05, 0) is 12.1 Å². The standard InChI is InChI=1S/C9H10ClFN2O4S/c1-12(6-5-10)18(16,17)8-4-2-3-7(11)9(8)13(14)15/h2-4H,5-6H2,1H3. The van der Waals surface area contributed by atoms with E-state index in [1.54, 1.807) is 0 Å². The molecule has 0 atom stereocenters. The van der Waals surface area contributed by atoms with Crippen LogP contribution in [0.15, 0.2) is 23.1 Å². The lowest BCUT2D eigenvalue weighted by Gasteiger charge is -2.15. The second-order valence-corrected chi connectivity index (χ2v) is 5.75. The van der Waals surface area contributed by atoms with Crippen molar-refractivity contribution >= 4 is 27.3 Å². The van der Waals surface area contributed by atoms with E-state index in [1.165, 1.54) is 7.05 Å². The molecule has 18 heavy (non-hydrogen) atoms. The first-order valence-corrected chi connectivity index (χ1v) is 6.75. The number of hydrogen-bond acceptors (Lipinski definition) is 4. The minimum Gasteiger partial charge on any atom is -0.258 e. The molecule has 6 nitrogen and oxygen atoms in total. The number of sulfonamides is 1. The van der Waals surface area contributed by atoms with Crippen molar-refractivity contribution in [2.75, 3.05) is 19.5 Å². The highest BCUT2D eigenvalue weighted by molar-refractivity contribution is 7.89. The van der Waals surface area contributed by atoms with E-state index in [0.717, 1.165) is 22.5 Å². The van der Waals surface area contributed by atoms with E-state index in [2.05, 4.69) is 0 Å². The summed E-state index contributed by atoms with van der Waals surface area (Å²) in [6.45, 7) is -0.0302. The van der Waals surface area contributed by atoms with Gasteiger partial charge in [0.15, 0.2) is 4.90 Å². The molecule has 9 heteroatoms. The maximum Gasteiger partial charge on any atom is 0.324 e. The molecule has 0 spiro atoms. The lowest BCUT2D eigenvalue weighted by atomic mass is 10.3. The molecular weight excluding hydrogens is 287 g/mol. The number of nitro benzene ring substituents is 1. The first-order chi connectivity index (χ1) is 8.32. The SMILES string of the molecule is CN(CCCl)S(=O)(=O)c1cccc(F)c1[N+](=O)[O-]. The second-order valence-electron chi connectivity index (χ2n) is 3.36. The van der Waals surface area contributed by atoms with Crippen molar-refractivity contribution in [3.05, 3.63) is 34.1 Å². The molecule has 0 aliphatic carbocycles. The minimum absolute atomic E-state index is 0.0266. The predicted octanol–water partition coefficient (Wildman–Crippen LogP) is 1.59. The number of hydrogen-bond donors (Lipinski definition) is 0. The van der Waals surface area contributed by atoms with E-state index >= 15 is 0 Å². The third-order valence-electron chi connectivity index (χ3n) is 2.22. The average Bonchev–Trinajstić information content (AvgIpc) is 2.28. The largest absolute Gasteiger partial charge is 0.324 e. The molecule has 0 fully saturated rings. The molecule has 0 unspecified atom stereocenters. The van der Waals surface area contributed by atoms with E-state index in [4.69, 9.17) is 11.6 Å². The minimum atomic E-state index is -4.13. The van der Waals surface area contributed by atoms with Crippen LogP contribution >= 0.6 is 11.6 Å². The third kappa shape index (κ3) is 2.77. The lowest BCUT2D eigenvalue weighted by Crippen LogP contribution is -2.29. The molecule has 1 aromatic carbocycles. The maximum absolute atomic E-state index is 13.3. The zero-order chi connectivity index (χ0) is 13.9. The summed E-state index contributed by atoms with van der Waals surface area (Å²) < 4.78 is 38.2. The van der Waals surface area contributed by atoms with Gasteiger partial charge in [0.05, 0.1) is 4.92 Å². The smallest absolute Gasteiger partial charge is 0.258 e. The highest BCUT2D eigenvalue weighted by atomic mass is 35.5. The summed E-state index contributed by atoms with van der Waals surface area (Å²) in [4.78, 5) is 8.99. The van der Waals surface area contributed by atoms with Crippen molar-refractivity contribution < 1.29 is 17.7 Å². The zero-order valence-corrected chi connectivity index (χ0v) is 10.9. The number of benzene rings is 1. The fourth-order valence-corrected chi connectivity index (χ4v) is 2.98. The molecule has 0 amide bonds. The molecule has 1 aromatic rings. The summed E-state index contributed by atoms with van der Waals surface area (Å²) in [6, 6.07) is 2.92. The summed E-state index contributed by atoms with van der Waals surface area (Å²) in [6.07, 6.45) is 0. The summed E-state index contributed by atoms with van der Waals surface area (Å²) in [7, 11) is -2.92.